The standard InChI is InChI=1S/C11H15F3N2O2S/c1-8(5-6-15)16-19(17,18)10-4-2-3-9(7-10)11(12,13)14/h2-4,7-8,16H,5-6,15H2,1H3. The monoisotopic (exact) mass is 296 g/mol. The number of hydrogen-bond donors (Lipinski definition) is 2. The summed E-state index contributed by atoms with van der Waals surface area (Å²) in [6, 6.07) is 3.17. The molecule has 0 fully saturated rings. The molecule has 0 bridgehead atoms. The van der Waals surface area contributed by atoms with Gasteiger partial charge in [0.25, 0.3) is 0 Å². The number of nitrogens with two attached hydrogens (primary N) is 1. The van der Waals surface area contributed by atoms with Gasteiger partial charge < -0.3 is 5.73 Å². The van der Waals surface area contributed by atoms with Gasteiger partial charge in [-0.3, -0.25) is 0 Å². The summed E-state index contributed by atoms with van der Waals surface area (Å²) < 4.78 is 63.6. The van der Waals surface area contributed by atoms with Crippen LogP contribution in [0, 0.1) is 0 Å². The Bertz CT molecular complexity index is 529. The summed E-state index contributed by atoms with van der Waals surface area (Å²) in [6.45, 7) is 1.88. The maximum atomic E-state index is 12.5. The second kappa shape index (κ2) is 5.89. The third-order valence-electron chi connectivity index (χ3n) is 2.43. The van der Waals surface area contributed by atoms with Crippen molar-refractivity contribution in [2.75, 3.05) is 6.54 Å². The molecule has 0 spiro atoms. The van der Waals surface area contributed by atoms with Crippen molar-refractivity contribution in [1.82, 2.24) is 4.72 Å². The van der Waals surface area contributed by atoms with E-state index in [1.165, 1.54) is 0 Å². The van der Waals surface area contributed by atoms with Gasteiger partial charge in [0, 0.05) is 6.04 Å². The van der Waals surface area contributed by atoms with Gasteiger partial charge in [-0.15, -0.1) is 0 Å². The van der Waals surface area contributed by atoms with E-state index in [0.29, 0.717) is 12.5 Å². The molecular formula is C11H15F3N2O2S. The van der Waals surface area contributed by atoms with E-state index in [4.69, 9.17) is 5.73 Å². The molecule has 1 atom stereocenters. The predicted molar refractivity (Wildman–Crippen MR) is 64.9 cm³/mol. The van der Waals surface area contributed by atoms with Crippen LogP contribution in [0.15, 0.2) is 29.2 Å². The quantitative estimate of drug-likeness (QED) is 0.869. The fraction of sp³-hybridized carbons (Fsp3) is 0.455. The Hall–Kier alpha value is -1.12. The zero-order valence-corrected chi connectivity index (χ0v) is 11.1. The molecule has 0 amide bonds. The molecule has 0 radical (unpaired) electrons. The van der Waals surface area contributed by atoms with E-state index in [9.17, 15) is 21.6 Å². The zero-order valence-electron chi connectivity index (χ0n) is 10.2. The Morgan fingerprint density at radius 1 is 1.37 bits per heavy atom. The maximum absolute atomic E-state index is 12.5. The first-order chi connectivity index (χ1) is 8.66. The SMILES string of the molecule is CC(CCN)NS(=O)(=O)c1cccc(C(F)(F)F)c1. The third-order valence-corrected chi connectivity index (χ3v) is 4.01. The molecule has 1 rings (SSSR count). The van der Waals surface area contributed by atoms with E-state index in [1.807, 2.05) is 0 Å². The van der Waals surface area contributed by atoms with Gasteiger partial charge in [0.05, 0.1) is 10.5 Å². The van der Waals surface area contributed by atoms with Gasteiger partial charge in [0.2, 0.25) is 10.0 Å². The molecule has 0 aromatic heterocycles. The summed E-state index contributed by atoms with van der Waals surface area (Å²) >= 11 is 0. The third kappa shape index (κ3) is 4.48. The predicted octanol–water partition coefficient (Wildman–Crippen LogP) is 1.72. The molecule has 3 N–H and O–H groups in total. The Labute approximate surface area is 109 Å². The van der Waals surface area contributed by atoms with Crippen LogP contribution in [0.4, 0.5) is 13.2 Å². The molecule has 4 nitrogen and oxygen atoms in total. The average Bonchev–Trinajstić information content (AvgIpc) is 2.27. The Kier molecular flexibility index (Phi) is 4.94. The highest BCUT2D eigenvalue weighted by Crippen LogP contribution is 2.30. The minimum atomic E-state index is -4.57. The topological polar surface area (TPSA) is 72.2 Å². The summed E-state index contributed by atoms with van der Waals surface area (Å²) in [5.74, 6) is 0. The zero-order chi connectivity index (χ0) is 14.7. The maximum Gasteiger partial charge on any atom is 0.416 e. The van der Waals surface area contributed by atoms with E-state index in [0.717, 1.165) is 18.2 Å². The summed E-state index contributed by atoms with van der Waals surface area (Å²) in [5, 5.41) is 0. The van der Waals surface area contributed by atoms with Crippen molar-refractivity contribution in [2.45, 2.75) is 30.5 Å². The summed E-state index contributed by atoms with van der Waals surface area (Å²) in [4.78, 5) is -0.411. The second-order valence-electron chi connectivity index (χ2n) is 4.13. The van der Waals surface area contributed by atoms with Crippen molar-refractivity contribution >= 4 is 10.0 Å². The minimum absolute atomic E-state index is 0.284. The van der Waals surface area contributed by atoms with Crippen molar-refractivity contribution in [3.8, 4) is 0 Å². The lowest BCUT2D eigenvalue weighted by molar-refractivity contribution is -0.137. The molecule has 0 saturated carbocycles. The number of sulfonamides is 1. The molecule has 0 aliphatic rings. The highest BCUT2D eigenvalue weighted by Gasteiger charge is 2.31. The van der Waals surface area contributed by atoms with Crippen LogP contribution in [-0.4, -0.2) is 21.0 Å². The Balaban J connectivity index is 3.02. The largest absolute Gasteiger partial charge is 0.416 e. The Morgan fingerprint density at radius 3 is 2.53 bits per heavy atom. The van der Waals surface area contributed by atoms with E-state index >= 15 is 0 Å². The molecule has 8 heteroatoms. The summed E-state index contributed by atoms with van der Waals surface area (Å²) in [6.07, 6.45) is -4.17. The lowest BCUT2D eigenvalue weighted by atomic mass is 10.2. The van der Waals surface area contributed by atoms with Crippen LogP contribution >= 0.6 is 0 Å². The van der Waals surface area contributed by atoms with E-state index < -0.39 is 32.7 Å². The molecule has 1 aromatic rings. The van der Waals surface area contributed by atoms with Crippen LogP contribution in [0.2, 0.25) is 0 Å². The number of nitrogens with one attached hydrogen (secondary N) is 1. The number of benzene rings is 1. The molecule has 0 aliphatic carbocycles. The van der Waals surface area contributed by atoms with Gasteiger partial charge in [0.15, 0.2) is 0 Å². The van der Waals surface area contributed by atoms with Crippen LogP contribution in [0.1, 0.15) is 18.9 Å². The molecule has 1 aromatic carbocycles. The van der Waals surface area contributed by atoms with Crippen LogP contribution in [0.3, 0.4) is 0 Å². The molecule has 0 saturated heterocycles. The number of halogens is 3. The van der Waals surface area contributed by atoms with Gasteiger partial charge in [0.1, 0.15) is 0 Å². The molecule has 108 valence electrons. The fourth-order valence-electron chi connectivity index (χ4n) is 1.48. The lowest BCUT2D eigenvalue weighted by Gasteiger charge is -2.14. The normalized spacial score (nSPS) is 14.4. The second-order valence-corrected chi connectivity index (χ2v) is 5.84. The Morgan fingerprint density at radius 2 is 2.00 bits per heavy atom. The van der Waals surface area contributed by atoms with Gasteiger partial charge >= 0.3 is 6.18 Å². The first kappa shape index (κ1) is 15.9. The molecule has 0 aliphatic heterocycles. The lowest BCUT2D eigenvalue weighted by Crippen LogP contribution is -2.34. The van der Waals surface area contributed by atoms with Gasteiger partial charge in [-0.25, -0.2) is 13.1 Å². The molecular weight excluding hydrogens is 281 g/mol. The van der Waals surface area contributed by atoms with E-state index in [1.54, 1.807) is 6.92 Å². The van der Waals surface area contributed by atoms with Gasteiger partial charge in [-0.1, -0.05) is 6.07 Å². The van der Waals surface area contributed by atoms with Gasteiger partial charge in [-0.2, -0.15) is 13.2 Å². The molecule has 19 heavy (non-hydrogen) atoms. The van der Waals surface area contributed by atoms with Crippen molar-refractivity contribution in [2.24, 2.45) is 5.73 Å². The fourth-order valence-corrected chi connectivity index (χ4v) is 2.80. The van der Waals surface area contributed by atoms with Crippen molar-refractivity contribution in [1.29, 1.82) is 0 Å². The van der Waals surface area contributed by atoms with Crippen molar-refractivity contribution in [3.05, 3.63) is 29.8 Å². The highest BCUT2D eigenvalue weighted by atomic mass is 32.2. The highest BCUT2D eigenvalue weighted by molar-refractivity contribution is 7.89. The molecule has 1 unspecified atom stereocenters. The van der Waals surface area contributed by atoms with Crippen LogP contribution in [0.5, 0.6) is 0 Å². The average molecular weight is 296 g/mol. The number of rotatable bonds is 5. The summed E-state index contributed by atoms with van der Waals surface area (Å²) in [7, 11) is -3.97. The van der Waals surface area contributed by atoms with Gasteiger partial charge in [-0.05, 0) is 38.1 Å². The minimum Gasteiger partial charge on any atom is -0.330 e. The van der Waals surface area contributed by atoms with E-state index in [2.05, 4.69) is 4.72 Å². The summed E-state index contributed by atoms with van der Waals surface area (Å²) in [5.41, 5.74) is 4.29. The smallest absolute Gasteiger partial charge is 0.330 e. The molecule has 0 heterocycles. The van der Waals surface area contributed by atoms with Crippen molar-refractivity contribution < 1.29 is 21.6 Å². The first-order valence-electron chi connectivity index (χ1n) is 5.56. The number of alkyl halides is 3. The van der Waals surface area contributed by atoms with Crippen LogP contribution in [0.25, 0.3) is 0 Å². The van der Waals surface area contributed by atoms with E-state index in [-0.39, 0.29) is 6.54 Å². The number of hydrogen-bond acceptors (Lipinski definition) is 3. The van der Waals surface area contributed by atoms with Crippen LogP contribution < -0.4 is 10.5 Å². The first-order valence-corrected chi connectivity index (χ1v) is 7.05. The van der Waals surface area contributed by atoms with Crippen LogP contribution in [-0.2, 0) is 16.2 Å². The van der Waals surface area contributed by atoms with Crippen molar-refractivity contribution in [3.63, 3.8) is 0 Å².